The third kappa shape index (κ3) is 14.1. The minimum Gasteiger partial charge on any atom is -0.871 e. The smallest absolute Gasteiger partial charge is 0.871 e. The number of hydrogen-bond acceptors (Lipinski definition) is 5. The van der Waals surface area contributed by atoms with Crippen LogP contribution in [0.15, 0.2) is 46.6 Å². The molecule has 0 aliphatic heterocycles. The maximum Gasteiger partial charge on any atom is 1.00 e. The van der Waals surface area contributed by atoms with E-state index < -0.39 is 5.97 Å². The summed E-state index contributed by atoms with van der Waals surface area (Å²) >= 11 is 0. The Balaban J connectivity index is 0.00000800. The van der Waals surface area contributed by atoms with Gasteiger partial charge in [0.15, 0.2) is 0 Å². The monoisotopic (exact) mass is 576 g/mol. The maximum atomic E-state index is 12.8. The second-order valence-electron chi connectivity index (χ2n) is 11.5. The van der Waals surface area contributed by atoms with E-state index in [9.17, 15) is 15.0 Å². The zero-order chi connectivity index (χ0) is 28.5. The molecule has 0 aromatic heterocycles. The van der Waals surface area contributed by atoms with Crippen LogP contribution in [0.2, 0.25) is 0 Å². The van der Waals surface area contributed by atoms with E-state index in [0.717, 1.165) is 18.4 Å². The van der Waals surface area contributed by atoms with Crippen LogP contribution >= 0.6 is 0 Å². The molecule has 0 saturated heterocycles. The van der Waals surface area contributed by atoms with Crippen LogP contribution < -0.4 is 61.2 Å². The molecule has 0 radical (unpaired) electrons. The quantitative estimate of drug-likeness (QED) is 0.110. The number of unbranched alkanes of at least 4 members (excludes halogenated alkanes) is 13. The van der Waals surface area contributed by atoms with Gasteiger partial charge in [0.1, 0.15) is 11.4 Å². The number of rotatable bonds is 19. The van der Waals surface area contributed by atoms with Crippen LogP contribution in [0.4, 0.5) is 11.4 Å². The number of carboxylic acids is 1. The summed E-state index contributed by atoms with van der Waals surface area (Å²) in [5.41, 5.74) is 0.945. The molecule has 0 aliphatic carbocycles. The Morgan fingerprint density at radius 2 is 1.30 bits per heavy atom. The molecule has 0 fully saturated rings. The van der Waals surface area contributed by atoms with Gasteiger partial charge in [0.05, 0.1) is 17.9 Å². The van der Waals surface area contributed by atoms with Gasteiger partial charge in [0, 0.05) is 6.07 Å². The number of hydrogen-bond donors (Lipinski definition) is 1. The average Bonchev–Trinajstić information content (AvgIpc) is 2.90. The summed E-state index contributed by atoms with van der Waals surface area (Å²) in [7, 11) is 0. The molecular weight excluding hydrogens is 527 g/mol. The molecule has 0 aliphatic rings. The van der Waals surface area contributed by atoms with Gasteiger partial charge in [-0.2, -0.15) is 5.11 Å². The average molecular weight is 577 g/mol. The molecule has 0 saturated carbocycles. The van der Waals surface area contributed by atoms with Gasteiger partial charge >= 0.3 is 57.4 Å². The molecule has 2 aromatic carbocycles. The fraction of sp³-hybridized carbons (Fsp3) is 0.606. The number of azo groups is 1. The van der Waals surface area contributed by atoms with E-state index in [-0.39, 0.29) is 79.5 Å². The predicted octanol–water partition coefficient (Wildman–Crippen LogP) is 7.04. The molecule has 0 atom stereocenters. The minimum absolute atomic E-state index is 0. The van der Waals surface area contributed by atoms with E-state index in [0.29, 0.717) is 12.4 Å². The Morgan fingerprint density at radius 3 is 1.82 bits per heavy atom. The molecule has 40 heavy (non-hydrogen) atoms. The van der Waals surface area contributed by atoms with E-state index >= 15 is 0 Å². The van der Waals surface area contributed by atoms with Gasteiger partial charge in [0.2, 0.25) is 0 Å². The first kappa shape index (κ1) is 36.8. The van der Waals surface area contributed by atoms with Crippen LogP contribution in [0.1, 0.15) is 134 Å². The second kappa shape index (κ2) is 20.6. The van der Waals surface area contributed by atoms with Crippen molar-refractivity contribution in [3.05, 3.63) is 47.5 Å². The van der Waals surface area contributed by atoms with Crippen molar-refractivity contribution in [2.45, 2.75) is 123 Å². The van der Waals surface area contributed by atoms with Gasteiger partial charge in [0.25, 0.3) is 0 Å². The minimum atomic E-state index is -1.09. The van der Waals surface area contributed by atoms with Crippen LogP contribution in [0.25, 0.3) is 0 Å². The molecular formula is C33H49KN2O4. The first-order valence-electron chi connectivity index (χ1n) is 15.0. The van der Waals surface area contributed by atoms with E-state index in [1.165, 1.54) is 83.1 Å². The van der Waals surface area contributed by atoms with Gasteiger partial charge in [-0.25, -0.2) is 4.79 Å². The summed E-state index contributed by atoms with van der Waals surface area (Å²) < 4.78 is 6.15. The van der Waals surface area contributed by atoms with Crippen molar-refractivity contribution in [2.24, 2.45) is 10.2 Å². The third-order valence-corrected chi connectivity index (χ3v) is 7.02. The van der Waals surface area contributed by atoms with Crippen molar-refractivity contribution in [3.63, 3.8) is 0 Å². The van der Waals surface area contributed by atoms with E-state index in [2.05, 4.69) is 17.2 Å². The molecule has 0 heterocycles. The van der Waals surface area contributed by atoms with Crippen molar-refractivity contribution < 1.29 is 71.1 Å². The molecule has 6 nitrogen and oxygen atoms in total. The number of aromatic carboxylic acids is 1. The van der Waals surface area contributed by atoms with Crippen LogP contribution in [0.3, 0.4) is 0 Å². The fourth-order valence-electron chi connectivity index (χ4n) is 4.66. The Bertz CT molecular complexity index is 1030. The van der Waals surface area contributed by atoms with Crippen molar-refractivity contribution in [1.29, 1.82) is 0 Å². The summed E-state index contributed by atoms with van der Waals surface area (Å²) in [4.78, 5) is 11.4. The van der Waals surface area contributed by atoms with Gasteiger partial charge in [-0.3, -0.25) is 0 Å². The fourth-order valence-corrected chi connectivity index (χ4v) is 4.66. The Labute approximate surface area is 284 Å². The van der Waals surface area contributed by atoms with Crippen molar-refractivity contribution in [2.75, 3.05) is 6.61 Å². The Kier molecular flexibility index (Phi) is 18.9. The number of nitrogens with zero attached hydrogens (tertiary/aromatic N) is 2. The molecule has 7 heteroatoms. The number of carbonyl (C=O) groups is 1. The SMILES string of the molecule is CCCCCCCCCCCCCCCCOc1cc(N=Nc2ccccc2C(=O)O)c([O-])cc1C(C)(C)C.[K+]. The summed E-state index contributed by atoms with van der Waals surface area (Å²) in [6.07, 6.45) is 18.3. The Morgan fingerprint density at radius 1 is 0.800 bits per heavy atom. The molecule has 0 unspecified atom stereocenters. The molecule has 216 valence electrons. The van der Waals surface area contributed by atoms with Gasteiger partial charge < -0.3 is 14.9 Å². The normalized spacial score (nSPS) is 11.5. The first-order chi connectivity index (χ1) is 18.7. The molecule has 2 aromatic rings. The largest absolute Gasteiger partial charge is 1.00 e. The van der Waals surface area contributed by atoms with Crippen molar-refractivity contribution in [3.8, 4) is 11.5 Å². The maximum absolute atomic E-state index is 12.8. The van der Waals surface area contributed by atoms with E-state index in [1.54, 1.807) is 30.3 Å². The molecule has 0 bridgehead atoms. The standard InChI is InChI=1S/C33H50N2O4.K/c1-5-6-7-8-9-10-11-12-13-14-15-16-17-20-23-39-31-25-29(30(36)24-27(31)33(2,3)4)35-34-28-22-19-18-21-26(28)32(37)38;/h18-19,21-22,24-25,36H,5-17,20,23H2,1-4H3,(H,37,38);/q;+1/p-1. The summed E-state index contributed by atoms with van der Waals surface area (Å²) in [6, 6.07) is 9.55. The summed E-state index contributed by atoms with van der Waals surface area (Å²) in [5, 5.41) is 30.3. The molecule has 2 rings (SSSR count). The predicted molar refractivity (Wildman–Crippen MR) is 158 cm³/mol. The summed E-state index contributed by atoms with van der Waals surface area (Å²) in [6.45, 7) is 8.99. The topological polar surface area (TPSA) is 94.3 Å². The number of ether oxygens (including phenoxy) is 1. The van der Waals surface area contributed by atoms with E-state index in [1.807, 2.05) is 20.8 Å². The van der Waals surface area contributed by atoms with Crippen LogP contribution in [0, 0.1) is 0 Å². The van der Waals surface area contributed by atoms with Crippen LogP contribution in [0.5, 0.6) is 11.5 Å². The first-order valence-corrected chi connectivity index (χ1v) is 15.0. The third-order valence-electron chi connectivity index (χ3n) is 7.02. The second-order valence-corrected chi connectivity index (χ2v) is 11.5. The zero-order valence-electron chi connectivity index (χ0n) is 25.6. The van der Waals surface area contributed by atoms with Gasteiger partial charge in [-0.15, -0.1) is 5.11 Å². The molecule has 0 spiro atoms. The summed E-state index contributed by atoms with van der Waals surface area (Å²) in [5.74, 6) is -0.718. The van der Waals surface area contributed by atoms with Crippen LogP contribution in [-0.2, 0) is 5.41 Å². The van der Waals surface area contributed by atoms with Crippen LogP contribution in [-0.4, -0.2) is 17.7 Å². The van der Waals surface area contributed by atoms with Crippen molar-refractivity contribution in [1.82, 2.24) is 0 Å². The zero-order valence-corrected chi connectivity index (χ0v) is 28.8. The Hall–Kier alpha value is -1.25. The van der Waals surface area contributed by atoms with E-state index in [4.69, 9.17) is 4.74 Å². The van der Waals surface area contributed by atoms with Gasteiger partial charge in [-0.1, -0.05) is 135 Å². The van der Waals surface area contributed by atoms with Crippen molar-refractivity contribution >= 4 is 17.3 Å². The molecule has 1 N–H and O–H groups in total. The number of benzene rings is 2. The van der Waals surface area contributed by atoms with Gasteiger partial charge in [-0.05, 0) is 29.5 Å². The number of carboxylic acid groups (broad SMARTS) is 1. The molecule has 0 amide bonds.